The standard InChI is InChI=1S/C17H22N2OS/c1-12(2)8-18-9-14-7-13-5-3-4-6-16(13)19-17(14)21-15-10-20-11-15/h3-7,12,15,18H,8-11H2,1-2H3. The Hall–Kier alpha value is -1.10. The summed E-state index contributed by atoms with van der Waals surface area (Å²) in [6, 6.07) is 10.6. The van der Waals surface area contributed by atoms with Gasteiger partial charge in [-0.1, -0.05) is 43.8 Å². The summed E-state index contributed by atoms with van der Waals surface area (Å²) < 4.78 is 5.28. The van der Waals surface area contributed by atoms with Gasteiger partial charge in [-0.05, 0) is 30.2 Å². The third-order valence-electron chi connectivity index (χ3n) is 3.52. The molecular weight excluding hydrogens is 280 g/mol. The lowest BCUT2D eigenvalue weighted by Crippen LogP contribution is -2.30. The number of pyridine rings is 1. The van der Waals surface area contributed by atoms with Crippen molar-refractivity contribution in [2.75, 3.05) is 19.8 Å². The average molecular weight is 302 g/mol. The second-order valence-corrected chi connectivity index (χ2v) is 7.24. The van der Waals surface area contributed by atoms with E-state index in [0.717, 1.165) is 36.8 Å². The molecule has 0 amide bonds. The zero-order chi connectivity index (χ0) is 14.7. The van der Waals surface area contributed by atoms with Gasteiger partial charge >= 0.3 is 0 Å². The quantitative estimate of drug-likeness (QED) is 0.886. The van der Waals surface area contributed by atoms with Crippen LogP contribution in [0.3, 0.4) is 0 Å². The van der Waals surface area contributed by atoms with Crippen LogP contribution in [0.5, 0.6) is 0 Å². The lowest BCUT2D eigenvalue weighted by molar-refractivity contribution is 0.0454. The number of rotatable bonds is 6. The molecule has 3 nitrogen and oxygen atoms in total. The highest BCUT2D eigenvalue weighted by Gasteiger charge is 2.22. The first kappa shape index (κ1) is 14.8. The summed E-state index contributed by atoms with van der Waals surface area (Å²) in [5.41, 5.74) is 2.37. The third kappa shape index (κ3) is 3.76. The van der Waals surface area contributed by atoms with E-state index in [4.69, 9.17) is 9.72 Å². The summed E-state index contributed by atoms with van der Waals surface area (Å²) in [7, 11) is 0. The fourth-order valence-electron chi connectivity index (χ4n) is 2.31. The zero-order valence-corrected chi connectivity index (χ0v) is 13.5. The molecule has 0 saturated carbocycles. The second-order valence-electron chi connectivity index (χ2n) is 5.95. The maximum absolute atomic E-state index is 5.28. The molecule has 112 valence electrons. The summed E-state index contributed by atoms with van der Waals surface area (Å²) >= 11 is 1.85. The van der Waals surface area contributed by atoms with Gasteiger partial charge in [0.25, 0.3) is 0 Å². The summed E-state index contributed by atoms with van der Waals surface area (Å²) in [5.74, 6) is 0.662. The number of benzene rings is 1. The molecule has 1 aromatic carbocycles. The molecule has 0 aliphatic carbocycles. The molecule has 1 aromatic heterocycles. The van der Waals surface area contributed by atoms with Gasteiger partial charge in [0.1, 0.15) is 5.03 Å². The highest BCUT2D eigenvalue weighted by Crippen LogP contribution is 2.31. The van der Waals surface area contributed by atoms with Gasteiger partial charge in [0.15, 0.2) is 0 Å². The van der Waals surface area contributed by atoms with Gasteiger partial charge < -0.3 is 10.1 Å². The summed E-state index contributed by atoms with van der Waals surface area (Å²) in [6.45, 7) is 8.06. The topological polar surface area (TPSA) is 34.2 Å². The van der Waals surface area contributed by atoms with Gasteiger partial charge in [-0.2, -0.15) is 0 Å². The number of thioether (sulfide) groups is 1. The van der Waals surface area contributed by atoms with Gasteiger partial charge in [-0.15, -0.1) is 0 Å². The number of nitrogens with zero attached hydrogens (tertiary/aromatic N) is 1. The van der Waals surface area contributed by atoms with E-state index in [1.165, 1.54) is 10.9 Å². The first-order valence-electron chi connectivity index (χ1n) is 7.56. The van der Waals surface area contributed by atoms with Crippen LogP contribution in [-0.2, 0) is 11.3 Å². The third-order valence-corrected chi connectivity index (χ3v) is 4.70. The van der Waals surface area contributed by atoms with Crippen molar-refractivity contribution < 1.29 is 4.74 Å². The SMILES string of the molecule is CC(C)CNCc1cc2ccccc2nc1SC1COC1. The lowest BCUT2D eigenvalue weighted by Gasteiger charge is -2.25. The summed E-state index contributed by atoms with van der Waals surface area (Å²) in [6.07, 6.45) is 0. The zero-order valence-electron chi connectivity index (χ0n) is 12.6. The van der Waals surface area contributed by atoms with E-state index >= 15 is 0 Å². The Morgan fingerprint density at radius 2 is 2.14 bits per heavy atom. The van der Waals surface area contributed by atoms with E-state index in [1.54, 1.807) is 0 Å². The van der Waals surface area contributed by atoms with E-state index in [0.29, 0.717) is 11.2 Å². The van der Waals surface area contributed by atoms with E-state index in [1.807, 2.05) is 17.8 Å². The van der Waals surface area contributed by atoms with Gasteiger partial charge in [0.2, 0.25) is 0 Å². The number of hydrogen-bond acceptors (Lipinski definition) is 4. The molecule has 0 bridgehead atoms. The number of fused-ring (bicyclic) bond motifs is 1. The van der Waals surface area contributed by atoms with Crippen molar-refractivity contribution in [1.82, 2.24) is 10.3 Å². The average Bonchev–Trinajstić information content (AvgIpc) is 2.42. The monoisotopic (exact) mass is 302 g/mol. The molecule has 0 radical (unpaired) electrons. The maximum atomic E-state index is 5.28. The molecule has 21 heavy (non-hydrogen) atoms. The molecule has 0 atom stereocenters. The van der Waals surface area contributed by atoms with Crippen LogP contribution in [0.15, 0.2) is 35.4 Å². The summed E-state index contributed by atoms with van der Waals surface area (Å²) in [5, 5.41) is 6.46. The molecule has 1 aliphatic rings. The lowest BCUT2D eigenvalue weighted by atomic mass is 10.1. The predicted molar refractivity (Wildman–Crippen MR) is 88.8 cm³/mol. The minimum absolute atomic E-state index is 0.558. The van der Waals surface area contributed by atoms with Crippen molar-refractivity contribution in [3.05, 3.63) is 35.9 Å². The Labute approximate surface area is 130 Å². The second kappa shape index (κ2) is 6.77. The molecular formula is C17H22N2OS. The molecule has 4 heteroatoms. The van der Waals surface area contributed by atoms with Crippen molar-refractivity contribution in [3.8, 4) is 0 Å². The Bertz CT molecular complexity index is 611. The van der Waals surface area contributed by atoms with Crippen LogP contribution in [0.4, 0.5) is 0 Å². The summed E-state index contributed by atoms with van der Waals surface area (Å²) in [4.78, 5) is 4.86. The molecule has 1 N–H and O–H groups in total. The fourth-order valence-corrected chi connectivity index (χ4v) is 3.38. The molecule has 1 aliphatic heterocycles. The van der Waals surface area contributed by atoms with Crippen LogP contribution in [0.2, 0.25) is 0 Å². The molecule has 0 spiro atoms. The molecule has 0 unspecified atom stereocenters. The van der Waals surface area contributed by atoms with E-state index in [9.17, 15) is 0 Å². The van der Waals surface area contributed by atoms with Gasteiger partial charge in [0, 0.05) is 11.9 Å². The van der Waals surface area contributed by atoms with E-state index in [-0.39, 0.29) is 0 Å². The smallest absolute Gasteiger partial charge is 0.102 e. The number of ether oxygens (including phenoxy) is 1. The highest BCUT2D eigenvalue weighted by atomic mass is 32.2. The Morgan fingerprint density at radius 1 is 1.33 bits per heavy atom. The van der Waals surface area contributed by atoms with Crippen molar-refractivity contribution in [1.29, 1.82) is 0 Å². The van der Waals surface area contributed by atoms with Crippen molar-refractivity contribution in [2.24, 2.45) is 5.92 Å². The van der Waals surface area contributed by atoms with Gasteiger partial charge in [-0.3, -0.25) is 0 Å². The van der Waals surface area contributed by atoms with E-state index < -0.39 is 0 Å². The molecule has 2 heterocycles. The Balaban J connectivity index is 1.83. The number of nitrogens with one attached hydrogen (secondary N) is 1. The van der Waals surface area contributed by atoms with E-state index in [2.05, 4.69) is 43.4 Å². The van der Waals surface area contributed by atoms with Crippen LogP contribution in [0.1, 0.15) is 19.4 Å². The normalized spacial score (nSPS) is 15.6. The minimum atomic E-state index is 0.558. The Morgan fingerprint density at radius 3 is 2.86 bits per heavy atom. The number of hydrogen-bond donors (Lipinski definition) is 1. The largest absolute Gasteiger partial charge is 0.379 e. The van der Waals surface area contributed by atoms with Crippen LogP contribution in [0.25, 0.3) is 10.9 Å². The molecule has 1 saturated heterocycles. The van der Waals surface area contributed by atoms with Gasteiger partial charge in [0.05, 0.1) is 24.0 Å². The predicted octanol–water partition coefficient (Wildman–Crippen LogP) is 3.47. The van der Waals surface area contributed by atoms with Gasteiger partial charge in [-0.25, -0.2) is 4.98 Å². The van der Waals surface area contributed by atoms with Crippen molar-refractivity contribution in [2.45, 2.75) is 30.7 Å². The van der Waals surface area contributed by atoms with Crippen LogP contribution in [0, 0.1) is 5.92 Å². The first-order chi connectivity index (χ1) is 10.2. The van der Waals surface area contributed by atoms with Crippen LogP contribution < -0.4 is 5.32 Å². The number of aromatic nitrogens is 1. The molecule has 1 fully saturated rings. The molecule has 2 aromatic rings. The number of para-hydroxylation sites is 1. The highest BCUT2D eigenvalue weighted by molar-refractivity contribution is 8.00. The van der Waals surface area contributed by atoms with Crippen LogP contribution in [-0.4, -0.2) is 30.0 Å². The van der Waals surface area contributed by atoms with Crippen molar-refractivity contribution in [3.63, 3.8) is 0 Å². The molecule has 3 rings (SSSR count). The first-order valence-corrected chi connectivity index (χ1v) is 8.44. The Kier molecular flexibility index (Phi) is 4.78. The van der Waals surface area contributed by atoms with Crippen molar-refractivity contribution >= 4 is 22.7 Å². The fraction of sp³-hybridized carbons (Fsp3) is 0.471. The minimum Gasteiger partial charge on any atom is -0.379 e. The maximum Gasteiger partial charge on any atom is 0.102 e. The van der Waals surface area contributed by atoms with Crippen LogP contribution >= 0.6 is 11.8 Å².